The van der Waals surface area contributed by atoms with Gasteiger partial charge in [0.2, 0.25) is 5.79 Å². The second-order valence-electron chi connectivity index (χ2n) is 22.7. The van der Waals surface area contributed by atoms with Crippen LogP contribution in [0.15, 0.2) is 77.9 Å². The van der Waals surface area contributed by atoms with Crippen molar-refractivity contribution >= 4 is 41.2 Å². The van der Waals surface area contributed by atoms with E-state index in [1.807, 2.05) is 81.5 Å². The summed E-state index contributed by atoms with van der Waals surface area (Å²) < 4.78 is 41.0. The summed E-state index contributed by atoms with van der Waals surface area (Å²) in [4.78, 5) is 98.1. The van der Waals surface area contributed by atoms with Crippen molar-refractivity contribution in [3.05, 3.63) is 83.5 Å². The normalized spacial score (nSPS) is 34.1. The van der Waals surface area contributed by atoms with E-state index in [1.54, 1.807) is 40.9 Å². The highest BCUT2D eigenvalue weighted by molar-refractivity contribution is 6.39. The molecule has 1 aromatic rings. The fraction of sp³-hybridized carbons (Fsp3) is 0.661. The summed E-state index contributed by atoms with van der Waals surface area (Å²) in [6.45, 7) is 12.7. The number of aliphatic hydroxyl groups excluding tert-OH is 1. The number of amides is 1. The first-order valence-corrected chi connectivity index (χ1v) is 28.5. The third kappa shape index (κ3) is 18.4. The van der Waals surface area contributed by atoms with Crippen molar-refractivity contribution in [1.29, 1.82) is 0 Å². The van der Waals surface area contributed by atoms with E-state index in [9.17, 15) is 43.8 Å². The summed E-state index contributed by atoms with van der Waals surface area (Å²) in [5.41, 5.74) is 2.05. The lowest BCUT2D eigenvalue weighted by Crippen LogP contribution is -2.61. The van der Waals surface area contributed by atoms with Crippen LogP contribution in [-0.2, 0) is 73.3 Å². The van der Waals surface area contributed by atoms with E-state index in [0.717, 1.165) is 11.1 Å². The molecule has 0 radical (unpaired) electrons. The number of ketones is 3. The Kier molecular flexibility index (Phi) is 25.5. The average molecular weight is 1100 g/mol. The zero-order valence-corrected chi connectivity index (χ0v) is 48.3. The number of allylic oxidation sites excluding steroid dienone is 6. The summed E-state index contributed by atoms with van der Waals surface area (Å²) in [6, 6.07) is 8.03. The Morgan fingerprint density at radius 2 is 1.53 bits per heavy atom. The molecule has 2 N–H and O–H groups in total. The summed E-state index contributed by atoms with van der Waals surface area (Å²) in [6.07, 6.45) is 9.76. The molecule has 79 heavy (non-hydrogen) atoms. The van der Waals surface area contributed by atoms with Gasteiger partial charge in [-0.15, -0.1) is 0 Å². The van der Waals surface area contributed by atoms with Crippen LogP contribution in [0.5, 0.6) is 0 Å². The smallest absolute Gasteiger partial charge is 0.329 e. The first-order chi connectivity index (χ1) is 37.6. The molecule has 3 fully saturated rings. The van der Waals surface area contributed by atoms with Gasteiger partial charge in [0.25, 0.3) is 11.7 Å². The van der Waals surface area contributed by atoms with Gasteiger partial charge in [-0.2, -0.15) is 0 Å². The summed E-state index contributed by atoms with van der Waals surface area (Å²) in [7, 11) is 4.47. The van der Waals surface area contributed by atoms with Gasteiger partial charge in [-0.1, -0.05) is 101 Å². The number of methoxy groups -OCH3 is 3. The minimum atomic E-state index is -2.47. The number of Topliss-reactive ketones (excluding diaryl/α,β-unsaturated/α-hetero) is 3. The molecule has 0 spiro atoms. The van der Waals surface area contributed by atoms with Crippen molar-refractivity contribution in [2.24, 2.45) is 35.5 Å². The number of ether oxygens (including phenoxy) is 7. The maximum absolute atomic E-state index is 14.6. The SMILES string of the molecule is CO[C@H]1C[C@@H]2CC[C@@H](C)[C@@](O)(O2)C(=O)C(=O)N2CCCC[C@H]2C(=O)O[C@H](C(C)C[C@@H]2CC[C@@H](OC(=O)CCC(=O)OCc3ccccc3)[C@H](OC)C2)CC(=O)[C@H](C)/C=C(\C)[C@@H](O)[C@@H](OC)C(=O)[C@H](C)C[C@H](C)/C=C/C=CC=C1C. The Hall–Kier alpha value is -5.17. The fourth-order valence-electron chi connectivity index (χ4n) is 11.5. The van der Waals surface area contributed by atoms with Gasteiger partial charge in [0.15, 0.2) is 5.78 Å². The zero-order valence-electron chi connectivity index (χ0n) is 48.3. The van der Waals surface area contributed by atoms with E-state index in [-0.39, 0.29) is 62.2 Å². The number of aliphatic hydroxyl groups is 2. The van der Waals surface area contributed by atoms with E-state index in [0.29, 0.717) is 69.8 Å². The number of carbonyl (C=O) groups excluding carboxylic acids is 7. The van der Waals surface area contributed by atoms with E-state index < -0.39 is 108 Å². The topological polar surface area (TPSA) is 228 Å². The molecule has 1 amide bonds. The monoisotopic (exact) mass is 1100 g/mol. The highest BCUT2D eigenvalue weighted by Crippen LogP contribution is 2.38. The van der Waals surface area contributed by atoms with Crippen LogP contribution < -0.4 is 0 Å². The predicted octanol–water partition coefficient (Wildman–Crippen LogP) is 8.26. The van der Waals surface area contributed by atoms with E-state index in [1.165, 1.54) is 19.1 Å². The summed E-state index contributed by atoms with van der Waals surface area (Å²) in [5.74, 6) is -9.63. The van der Waals surface area contributed by atoms with Gasteiger partial charge in [0, 0.05) is 58.5 Å². The van der Waals surface area contributed by atoms with E-state index in [4.69, 9.17) is 33.2 Å². The quantitative estimate of drug-likeness (QED) is 0.0869. The standard InChI is InChI=1S/C62H89NO16/c1-38-19-13-11-14-20-39(2)51(73-8)35-47-26-24-44(7)62(72,79-47)59(69)60(70)63-30-18-17-23-48(63)61(71)78-52(36-49(64)40(3)32-43(6)57(68)58(75-10)56(67)42(5)31-38)41(4)33-46-25-27-50(53(34-46)74-9)77-55(66)29-28-54(65)76-37-45-21-15-12-16-22-45/h11-16,19-22,32,38,40-42,44,46-48,50-53,57-58,68,72H,17-18,23-31,33-37H2,1-10H3/b14-11?,19-13+,39-20?,43-32+/t38-,40-,41?,42-,44-,46+,47+,48+,50-,51+,52+,53-,57-,58+,62-/m1/s1. The average Bonchev–Trinajstić information content (AvgIpc) is 3.44. The van der Waals surface area contributed by atoms with Crippen molar-refractivity contribution in [2.45, 2.75) is 200 Å². The molecule has 17 nitrogen and oxygen atoms in total. The zero-order chi connectivity index (χ0) is 58.0. The third-order valence-corrected chi connectivity index (χ3v) is 16.5. The molecule has 1 saturated carbocycles. The lowest BCUT2D eigenvalue weighted by atomic mass is 9.78. The first-order valence-electron chi connectivity index (χ1n) is 28.5. The number of nitrogens with zero attached hydrogens (tertiary/aromatic N) is 1. The Morgan fingerprint density at radius 3 is 2.23 bits per heavy atom. The van der Waals surface area contributed by atoms with Crippen LogP contribution in [0.2, 0.25) is 0 Å². The summed E-state index contributed by atoms with van der Waals surface area (Å²) in [5, 5.41) is 23.6. The van der Waals surface area contributed by atoms with Gasteiger partial charge in [-0.3, -0.25) is 28.8 Å². The van der Waals surface area contributed by atoms with Crippen molar-refractivity contribution < 1.29 is 76.9 Å². The number of hydrogen-bond acceptors (Lipinski definition) is 16. The predicted molar refractivity (Wildman–Crippen MR) is 294 cm³/mol. The molecule has 2 bridgehead atoms. The number of benzene rings is 1. The number of fused-ring (bicyclic) bond motifs is 3. The molecule has 1 aliphatic carbocycles. The fourth-order valence-corrected chi connectivity index (χ4v) is 11.5. The Morgan fingerprint density at radius 1 is 0.810 bits per heavy atom. The molecule has 2 saturated heterocycles. The molecule has 1 aromatic carbocycles. The molecule has 15 atom stereocenters. The van der Waals surface area contributed by atoms with Gasteiger partial charge in [-0.05, 0) is 113 Å². The van der Waals surface area contributed by atoms with E-state index >= 15 is 0 Å². The summed E-state index contributed by atoms with van der Waals surface area (Å²) >= 11 is 0. The second-order valence-corrected chi connectivity index (χ2v) is 22.7. The molecule has 1 unspecified atom stereocenters. The number of cyclic esters (lactones) is 1. The van der Waals surface area contributed by atoms with Crippen LogP contribution in [0, 0.1) is 35.5 Å². The van der Waals surface area contributed by atoms with Crippen LogP contribution in [0.3, 0.4) is 0 Å². The number of hydrogen-bond donors (Lipinski definition) is 2. The number of piperidine rings is 1. The van der Waals surface area contributed by atoms with Crippen LogP contribution in [0.25, 0.3) is 0 Å². The molecule has 4 aliphatic rings. The third-order valence-electron chi connectivity index (χ3n) is 16.5. The van der Waals surface area contributed by atoms with Crippen LogP contribution in [0.1, 0.15) is 144 Å². The van der Waals surface area contributed by atoms with Crippen molar-refractivity contribution in [2.75, 3.05) is 27.9 Å². The number of esters is 3. The lowest BCUT2D eigenvalue weighted by molar-refractivity contribution is -0.265. The van der Waals surface area contributed by atoms with Crippen molar-refractivity contribution in [3.8, 4) is 0 Å². The highest BCUT2D eigenvalue weighted by Gasteiger charge is 2.53. The highest BCUT2D eigenvalue weighted by atomic mass is 16.6. The second kappa shape index (κ2) is 31.2. The number of carbonyl (C=O) groups is 7. The van der Waals surface area contributed by atoms with Crippen LogP contribution in [-0.4, -0.2) is 139 Å². The Labute approximate surface area is 467 Å². The first kappa shape index (κ1) is 64.6. The maximum atomic E-state index is 14.6. The largest absolute Gasteiger partial charge is 0.461 e. The maximum Gasteiger partial charge on any atom is 0.329 e. The van der Waals surface area contributed by atoms with Crippen molar-refractivity contribution in [3.63, 3.8) is 0 Å². The Balaban J connectivity index is 1.38. The van der Waals surface area contributed by atoms with Gasteiger partial charge in [-0.25, -0.2) is 4.79 Å². The van der Waals surface area contributed by atoms with Crippen LogP contribution >= 0.6 is 0 Å². The molecular formula is C62H89NO16. The Bertz CT molecular complexity index is 2340. The molecule has 17 heteroatoms. The molecule has 3 heterocycles. The molecule has 5 rings (SSSR count). The van der Waals surface area contributed by atoms with Gasteiger partial charge >= 0.3 is 17.9 Å². The number of rotatable bonds is 12. The molecule has 0 aromatic heterocycles. The molecule has 438 valence electrons. The van der Waals surface area contributed by atoms with Crippen molar-refractivity contribution in [1.82, 2.24) is 4.90 Å². The molecular weight excluding hydrogens is 1010 g/mol. The van der Waals surface area contributed by atoms with Gasteiger partial charge in [0.1, 0.15) is 42.8 Å². The minimum Gasteiger partial charge on any atom is -0.461 e. The van der Waals surface area contributed by atoms with E-state index in [2.05, 4.69) is 0 Å². The molecule has 3 aliphatic heterocycles. The minimum absolute atomic E-state index is 0.00748. The lowest BCUT2D eigenvalue weighted by Gasteiger charge is -2.42. The van der Waals surface area contributed by atoms with Gasteiger partial charge in [0.05, 0.1) is 31.2 Å². The van der Waals surface area contributed by atoms with Gasteiger partial charge < -0.3 is 48.3 Å². The van der Waals surface area contributed by atoms with Crippen LogP contribution in [0.4, 0.5) is 0 Å².